The van der Waals surface area contributed by atoms with Gasteiger partial charge in [0.2, 0.25) is 10.0 Å². The number of sulfonamides is 1. The maximum absolute atomic E-state index is 11.8. The maximum Gasteiger partial charge on any atom is 0.335 e. The summed E-state index contributed by atoms with van der Waals surface area (Å²) in [5, 5.41) is 8.90. The first-order chi connectivity index (χ1) is 7.90. The molecule has 4 N–H and O–H groups in total. The fraction of sp³-hybridized carbons (Fsp3) is 0.300. The second-order valence-electron chi connectivity index (χ2n) is 3.42. The lowest BCUT2D eigenvalue weighted by molar-refractivity contribution is 0.0696. The molecular weight excluding hydrogens is 244 g/mol. The number of carboxylic acids is 1. The van der Waals surface area contributed by atoms with Gasteiger partial charge in [-0.3, -0.25) is 0 Å². The fourth-order valence-corrected chi connectivity index (χ4v) is 2.72. The Morgan fingerprint density at radius 1 is 1.47 bits per heavy atom. The van der Waals surface area contributed by atoms with Crippen LogP contribution >= 0.6 is 0 Å². The average molecular weight is 258 g/mol. The van der Waals surface area contributed by atoms with E-state index in [0.29, 0.717) is 0 Å². The van der Waals surface area contributed by atoms with E-state index in [2.05, 4.69) is 4.72 Å². The number of rotatable bonds is 5. The number of benzene rings is 1. The van der Waals surface area contributed by atoms with Gasteiger partial charge >= 0.3 is 5.97 Å². The van der Waals surface area contributed by atoms with E-state index in [1.165, 1.54) is 25.1 Å². The van der Waals surface area contributed by atoms with E-state index in [1.54, 1.807) is 0 Å². The van der Waals surface area contributed by atoms with Crippen molar-refractivity contribution in [2.24, 2.45) is 5.73 Å². The Morgan fingerprint density at radius 2 is 2.12 bits per heavy atom. The predicted molar refractivity (Wildman–Crippen MR) is 62.4 cm³/mol. The molecule has 0 unspecified atom stereocenters. The molecule has 1 aromatic rings. The molecule has 6 nitrogen and oxygen atoms in total. The van der Waals surface area contributed by atoms with Crippen molar-refractivity contribution in [1.29, 1.82) is 0 Å². The number of carbonyl (C=O) groups is 1. The number of hydrogen-bond donors (Lipinski definition) is 3. The summed E-state index contributed by atoms with van der Waals surface area (Å²) in [5.74, 6) is -1.15. The van der Waals surface area contributed by atoms with Crippen molar-refractivity contribution in [3.63, 3.8) is 0 Å². The van der Waals surface area contributed by atoms with Gasteiger partial charge in [0, 0.05) is 13.1 Å². The van der Waals surface area contributed by atoms with Crippen LogP contribution in [0.15, 0.2) is 23.1 Å². The van der Waals surface area contributed by atoms with E-state index in [4.69, 9.17) is 10.8 Å². The standard InChI is InChI=1S/C10H14N2O4S/c1-7-8(10(13)14)3-2-4-9(7)17(15,16)12-6-5-11/h2-4,12H,5-6,11H2,1H3,(H,13,14). The minimum atomic E-state index is -3.70. The highest BCUT2D eigenvalue weighted by Gasteiger charge is 2.19. The van der Waals surface area contributed by atoms with Crippen molar-refractivity contribution >= 4 is 16.0 Å². The molecule has 0 aromatic heterocycles. The van der Waals surface area contributed by atoms with E-state index < -0.39 is 16.0 Å². The van der Waals surface area contributed by atoms with E-state index in [9.17, 15) is 13.2 Å². The van der Waals surface area contributed by atoms with Crippen molar-refractivity contribution in [3.8, 4) is 0 Å². The summed E-state index contributed by atoms with van der Waals surface area (Å²) in [7, 11) is -3.70. The molecule has 0 saturated carbocycles. The van der Waals surface area contributed by atoms with Gasteiger partial charge in [0.1, 0.15) is 0 Å². The smallest absolute Gasteiger partial charge is 0.335 e. The molecule has 0 aliphatic carbocycles. The largest absolute Gasteiger partial charge is 0.478 e. The Balaban J connectivity index is 3.24. The van der Waals surface area contributed by atoms with Gasteiger partial charge in [-0.15, -0.1) is 0 Å². The predicted octanol–water partition coefficient (Wildman–Crippen LogP) is -0.0698. The van der Waals surface area contributed by atoms with Crippen molar-refractivity contribution in [2.75, 3.05) is 13.1 Å². The topological polar surface area (TPSA) is 109 Å². The van der Waals surface area contributed by atoms with Gasteiger partial charge in [0.25, 0.3) is 0 Å². The molecule has 17 heavy (non-hydrogen) atoms. The number of carboxylic acid groups (broad SMARTS) is 1. The van der Waals surface area contributed by atoms with Crippen LogP contribution in [-0.2, 0) is 10.0 Å². The second kappa shape index (κ2) is 5.26. The molecular formula is C10H14N2O4S. The van der Waals surface area contributed by atoms with Gasteiger partial charge < -0.3 is 10.8 Å². The van der Waals surface area contributed by atoms with Crippen molar-refractivity contribution in [1.82, 2.24) is 4.72 Å². The molecule has 0 aliphatic rings. The second-order valence-corrected chi connectivity index (χ2v) is 5.16. The minimum Gasteiger partial charge on any atom is -0.478 e. The van der Waals surface area contributed by atoms with Crippen LogP contribution in [0.1, 0.15) is 15.9 Å². The highest BCUT2D eigenvalue weighted by Crippen LogP contribution is 2.18. The first kappa shape index (κ1) is 13.6. The van der Waals surface area contributed by atoms with Crippen LogP contribution in [0.4, 0.5) is 0 Å². The molecule has 0 bridgehead atoms. The van der Waals surface area contributed by atoms with Crippen molar-refractivity contribution < 1.29 is 18.3 Å². The summed E-state index contributed by atoms with van der Waals surface area (Å²) >= 11 is 0. The molecule has 1 aromatic carbocycles. The van der Waals surface area contributed by atoms with Gasteiger partial charge in [-0.05, 0) is 24.6 Å². The first-order valence-electron chi connectivity index (χ1n) is 4.93. The highest BCUT2D eigenvalue weighted by atomic mass is 32.2. The Kier molecular flexibility index (Phi) is 4.22. The maximum atomic E-state index is 11.8. The van der Waals surface area contributed by atoms with Crippen LogP contribution in [0, 0.1) is 6.92 Å². The van der Waals surface area contributed by atoms with Crippen LogP contribution in [0.2, 0.25) is 0 Å². The lowest BCUT2D eigenvalue weighted by Gasteiger charge is -2.10. The molecule has 1 rings (SSSR count). The van der Waals surface area contributed by atoms with Gasteiger partial charge in [0.15, 0.2) is 0 Å². The highest BCUT2D eigenvalue weighted by molar-refractivity contribution is 7.89. The van der Waals surface area contributed by atoms with Crippen molar-refractivity contribution in [2.45, 2.75) is 11.8 Å². The summed E-state index contributed by atoms with van der Waals surface area (Å²) in [4.78, 5) is 10.8. The molecule has 0 saturated heterocycles. The Hall–Kier alpha value is -1.44. The quantitative estimate of drug-likeness (QED) is 0.685. The van der Waals surface area contributed by atoms with E-state index in [0.717, 1.165) is 0 Å². The lowest BCUT2D eigenvalue weighted by atomic mass is 10.1. The number of nitrogens with two attached hydrogens (primary N) is 1. The normalized spacial score (nSPS) is 11.4. The van der Waals surface area contributed by atoms with Gasteiger partial charge in [-0.25, -0.2) is 17.9 Å². The third-order valence-electron chi connectivity index (χ3n) is 2.24. The SMILES string of the molecule is Cc1c(C(=O)O)cccc1S(=O)(=O)NCCN. The lowest BCUT2D eigenvalue weighted by Crippen LogP contribution is -2.29. The van der Waals surface area contributed by atoms with Crippen LogP contribution in [0.5, 0.6) is 0 Å². The third-order valence-corrected chi connectivity index (χ3v) is 3.85. The average Bonchev–Trinajstić information content (AvgIpc) is 2.26. The minimum absolute atomic E-state index is 0.0272. The molecule has 0 amide bonds. The Labute approximate surface area is 99.5 Å². The summed E-state index contributed by atoms with van der Waals surface area (Å²) < 4.78 is 25.9. The molecule has 0 spiro atoms. The van der Waals surface area contributed by atoms with Crippen LogP contribution in [0.3, 0.4) is 0 Å². The number of hydrogen-bond acceptors (Lipinski definition) is 4. The van der Waals surface area contributed by atoms with E-state index in [1.807, 2.05) is 0 Å². The van der Waals surface area contributed by atoms with Gasteiger partial charge in [-0.2, -0.15) is 0 Å². The Morgan fingerprint density at radius 3 is 2.65 bits per heavy atom. The molecule has 0 fully saturated rings. The van der Waals surface area contributed by atoms with Gasteiger partial charge in [-0.1, -0.05) is 6.07 Å². The Bertz CT molecular complexity index is 525. The van der Waals surface area contributed by atoms with Crippen LogP contribution in [-0.4, -0.2) is 32.6 Å². The van der Waals surface area contributed by atoms with Crippen LogP contribution < -0.4 is 10.5 Å². The molecule has 0 aliphatic heterocycles. The summed E-state index contributed by atoms with van der Waals surface area (Å²) in [6.45, 7) is 1.75. The molecule has 0 radical (unpaired) electrons. The number of nitrogens with one attached hydrogen (secondary N) is 1. The molecule has 94 valence electrons. The van der Waals surface area contributed by atoms with Crippen molar-refractivity contribution in [3.05, 3.63) is 29.3 Å². The van der Waals surface area contributed by atoms with Crippen LogP contribution in [0.25, 0.3) is 0 Å². The third kappa shape index (κ3) is 3.02. The zero-order valence-corrected chi connectivity index (χ0v) is 10.1. The zero-order valence-electron chi connectivity index (χ0n) is 9.30. The summed E-state index contributed by atoms with van der Waals surface area (Å²) in [6, 6.07) is 4.12. The number of aromatic carboxylic acids is 1. The molecule has 0 atom stereocenters. The zero-order chi connectivity index (χ0) is 13.1. The first-order valence-corrected chi connectivity index (χ1v) is 6.41. The monoisotopic (exact) mass is 258 g/mol. The van der Waals surface area contributed by atoms with E-state index in [-0.39, 0.29) is 29.1 Å². The van der Waals surface area contributed by atoms with E-state index >= 15 is 0 Å². The van der Waals surface area contributed by atoms with Gasteiger partial charge in [0.05, 0.1) is 10.5 Å². The summed E-state index contributed by atoms with van der Waals surface area (Å²) in [6.07, 6.45) is 0. The molecule has 7 heteroatoms. The molecule has 0 heterocycles. The fourth-order valence-electron chi connectivity index (χ4n) is 1.41. The summed E-state index contributed by atoms with van der Waals surface area (Å²) in [5.41, 5.74) is 5.39.